The van der Waals surface area contributed by atoms with Crippen LogP contribution in [0.15, 0.2) is 24.5 Å². The first kappa shape index (κ1) is 15.1. The number of nitrogens with zero attached hydrogens (tertiary/aromatic N) is 3. The zero-order valence-electron chi connectivity index (χ0n) is 13.5. The van der Waals surface area contributed by atoms with Crippen LogP contribution in [0.2, 0.25) is 0 Å². The van der Waals surface area contributed by atoms with E-state index in [1.807, 2.05) is 47.8 Å². The Labute approximate surface area is 131 Å². The quantitative estimate of drug-likeness (QED) is 0.855. The fraction of sp³-hybridized carbons (Fsp3) is 0.647. The zero-order valence-corrected chi connectivity index (χ0v) is 13.5. The molecule has 0 N–H and O–H groups in total. The minimum atomic E-state index is -0.653. The number of carbonyl (C=O) groups excluding carboxylic acids is 2. The Morgan fingerprint density at radius 2 is 1.77 bits per heavy atom. The van der Waals surface area contributed by atoms with Gasteiger partial charge in [-0.15, -0.1) is 0 Å². The van der Waals surface area contributed by atoms with Crippen LogP contribution in [-0.2, 0) is 15.1 Å². The minimum Gasteiger partial charge on any atom is -0.340 e. The van der Waals surface area contributed by atoms with Crippen LogP contribution in [0.5, 0.6) is 0 Å². The highest BCUT2D eigenvalue weighted by Crippen LogP contribution is 2.26. The Morgan fingerprint density at radius 1 is 1.14 bits per heavy atom. The first-order valence-corrected chi connectivity index (χ1v) is 8.22. The van der Waals surface area contributed by atoms with Crippen LogP contribution in [-0.4, -0.2) is 51.9 Å². The molecular weight excluding hydrogens is 278 g/mol. The highest BCUT2D eigenvalue weighted by atomic mass is 16.2. The molecule has 0 aromatic carbocycles. The van der Waals surface area contributed by atoms with E-state index in [0.717, 1.165) is 12.8 Å². The predicted molar refractivity (Wildman–Crippen MR) is 84.3 cm³/mol. The van der Waals surface area contributed by atoms with Gasteiger partial charge in [-0.2, -0.15) is 0 Å². The van der Waals surface area contributed by atoms with Crippen molar-refractivity contribution in [2.24, 2.45) is 0 Å². The van der Waals surface area contributed by atoms with E-state index < -0.39 is 5.54 Å². The monoisotopic (exact) mass is 303 g/mol. The molecule has 0 unspecified atom stereocenters. The van der Waals surface area contributed by atoms with Crippen LogP contribution in [0.25, 0.3) is 0 Å². The molecule has 1 aliphatic heterocycles. The summed E-state index contributed by atoms with van der Waals surface area (Å²) in [5, 5.41) is 0. The van der Waals surface area contributed by atoms with Crippen LogP contribution in [0.4, 0.5) is 0 Å². The van der Waals surface area contributed by atoms with Crippen LogP contribution < -0.4 is 0 Å². The van der Waals surface area contributed by atoms with Gasteiger partial charge in [0.1, 0.15) is 5.54 Å². The second kappa shape index (κ2) is 5.78. The van der Waals surface area contributed by atoms with Gasteiger partial charge in [0.25, 0.3) is 0 Å². The zero-order chi connectivity index (χ0) is 15.7. The molecule has 2 fully saturated rings. The molecule has 22 heavy (non-hydrogen) atoms. The first-order valence-electron chi connectivity index (χ1n) is 8.22. The molecular formula is C17H25N3O2. The number of carbonyl (C=O) groups is 2. The van der Waals surface area contributed by atoms with Crippen LogP contribution in [0, 0.1) is 0 Å². The largest absolute Gasteiger partial charge is 0.340 e. The van der Waals surface area contributed by atoms with Crippen molar-refractivity contribution >= 4 is 11.8 Å². The molecule has 0 spiro atoms. The average Bonchev–Trinajstić information content (AvgIpc) is 3.19. The summed E-state index contributed by atoms with van der Waals surface area (Å²) >= 11 is 0. The Balaban J connectivity index is 1.67. The van der Waals surface area contributed by atoms with E-state index in [2.05, 4.69) is 0 Å². The average molecular weight is 303 g/mol. The molecule has 0 atom stereocenters. The molecule has 5 heteroatoms. The summed E-state index contributed by atoms with van der Waals surface area (Å²) in [5.74, 6) is 0.123. The Bertz CT molecular complexity index is 544. The summed E-state index contributed by atoms with van der Waals surface area (Å²) in [4.78, 5) is 29.0. The molecule has 1 aliphatic carbocycles. The summed E-state index contributed by atoms with van der Waals surface area (Å²) in [6.07, 6.45) is 8.47. The number of amides is 2. The third-order valence-corrected chi connectivity index (χ3v) is 5.08. The lowest BCUT2D eigenvalue weighted by molar-refractivity contribution is -0.151. The van der Waals surface area contributed by atoms with E-state index in [0.29, 0.717) is 19.1 Å². The van der Waals surface area contributed by atoms with Crippen molar-refractivity contribution in [1.29, 1.82) is 0 Å². The minimum absolute atomic E-state index is 0.0168. The van der Waals surface area contributed by atoms with Gasteiger partial charge in [0.15, 0.2) is 0 Å². The van der Waals surface area contributed by atoms with Gasteiger partial charge in [0.05, 0.1) is 6.54 Å². The van der Waals surface area contributed by atoms with Gasteiger partial charge in [-0.1, -0.05) is 12.8 Å². The van der Waals surface area contributed by atoms with Gasteiger partial charge in [-0.3, -0.25) is 9.59 Å². The van der Waals surface area contributed by atoms with Crippen molar-refractivity contribution in [3.8, 4) is 0 Å². The van der Waals surface area contributed by atoms with E-state index in [-0.39, 0.29) is 18.4 Å². The van der Waals surface area contributed by atoms with E-state index in [1.165, 1.54) is 12.8 Å². The highest BCUT2D eigenvalue weighted by molar-refractivity contribution is 5.89. The topological polar surface area (TPSA) is 45.6 Å². The van der Waals surface area contributed by atoms with E-state index in [4.69, 9.17) is 0 Å². The summed E-state index contributed by atoms with van der Waals surface area (Å²) < 4.78 is 1.91. The van der Waals surface area contributed by atoms with Crippen molar-refractivity contribution in [2.75, 3.05) is 19.6 Å². The lowest BCUT2D eigenvalue weighted by atomic mass is 10.0. The molecule has 0 bridgehead atoms. The second-order valence-corrected chi connectivity index (χ2v) is 6.90. The third-order valence-electron chi connectivity index (χ3n) is 5.08. The third kappa shape index (κ3) is 2.64. The molecule has 0 radical (unpaired) electrons. The first-order chi connectivity index (χ1) is 10.5. The summed E-state index contributed by atoms with van der Waals surface area (Å²) in [7, 11) is 0. The van der Waals surface area contributed by atoms with Gasteiger partial charge in [-0.25, -0.2) is 0 Å². The van der Waals surface area contributed by atoms with Crippen molar-refractivity contribution in [2.45, 2.75) is 51.1 Å². The number of hydrogen-bond donors (Lipinski definition) is 0. The Morgan fingerprint density at radius 3 is 2.36 bits per heavy atom. The summed E-state index contributed by atoms with van der Waals surface area (Å²) in [5.41, 5.74) is -0.653. The van der Waals surface area contributed by atoms with E-state index >= 15 is 0 Å². The Hall–Kier alpha value is -1.78. The van der Waals surface area contributed by atoms with Gasteiger partial charge in [0.2, 0.25) is 11.8 Å². The van der Waals surface area contributed by atoms with Crippen LogP contribution in [0.3, 0.4) is 0 Å². The van der Waals surface area contributed by atoms with E-state index in [1.54, 1.807) is 4.90 Å². The molecule has 1 saturated carbocycles. The molecule has 2 heterocycles. The normalized spacial score (nSPS) is 20.7. The maximum Gasteiger partial charge on any atom is 0.248 e. The number of rotatable bonds is 3. The van der Waals surface area contributed by atoms with Crippen LogP contribution in [0.1, 0.15) is 39.5 Å². The summed E-state index contributed by atoms with van der Waals surface area (Å²) in [6.45, 7) is 5.36. The predicted octanol–water partition coefficient (Wildman–Crippen LogP) is 1.84. The smallest absolute Gasteiger partial charge is 0.248 e. The maximum absolute atomic E-state index is 12.8. The van der Waals surface area contributed by atoms with Gasteiger partial charge in [0, 0.05) is 31.5 Å². The lowest BCUT2D eigenvalue weighted by Crippen LogP contribution is -2.58. The standard InChI is InChI=1S/C17H25N3O2/c1-17(2,19-9-5-6-10-19)16(22)18-11-12-20(15(21)13-18)14-7-3-4-8-14/h5-6,9-10,14H,3-4,7-8,11-13H2,1-2H3. The van der Waals surface area contributed by atoms with Gasteiger partial charge in [-0.05, 0) is 38.8 Å². The second-order valence-electron chi connectivity index (χ2n) is 6.90. The van der Waals surface area contributed by atoms with Gasteiger partial charge < -0.3 is 14.4 Å². The number of piperazine rings is 1. The molecule has 1 aromatic rings. The molecule has 5 nitrogen and oxygen atoms in total. The molecule has 2 amide bonds. The molecule has 1 saturated heterocycles. The van der Waals surface area contributed by atoms with Crippen molar-refractivity contribution in [1.82, 2.24) is 14.4 Å². The van der Waals surface area contributed by atoms with Crippen molar-refractivity contribution < 1.29 is 9.59 Å². The van der Waals surface area contributed by atoms with Crippen molar-refractivity contribution in [3.05, 3.63) is 24.5 Å². The summed E-state index contributed by atoms with van der Waals surface area (Å²) in [6, 6.07) is 4.23. The lowest BCUT2D eigenvalue weighted by Gasteiger charge is -2.40. The van der Waals surface area contributed by atoms with Gasteiger partial charge >= 0.3 is 0 Å². The maximum atomic E-state index is 12.8. The molecule has 3 rings (SSSR count). The fourth-order valence-corrected chi connectivity index (χ4v) is 3.67. The molecule has 1 aromatic heterocycles. The van der Waals surface area contributed by atoms with Crippen molar-refractivity contribution in [3.63, 3.8) is 0 Å². The fourth-order valence-electron chi connectivity index (χ4n) is 3.67. The Kier molecular flexibility index (Phi) is 3.98. The molecule has 120 valence electrons. The number of aromatic nitrogens is 1. The van der Waals surface area contributed by atoms with Crippen LogP contribution >= 0.6 is 0 Å². The van der Waals surface area contributed by atoms with E-state index in [9.17, 15) is 9.59 Å². The molecule has 2 aliphatic rings. The number of hydrogen-bond acceptors (Lipinski definition) is 2. The SMILES string of the molecule is CC(C)(C(=O)N1CCN(C2CCCC2)C(=O)C1)n1cccc1. The highest BCUT2D eigenvalue weighted by Gasteiger charge is 2.38.